The fourth-order valence-electron chi connectivity index (χ4n) is 2.28. The molecule has 0 aliphatic heterocycles. The van der Waals surface area contributed by atoms with Gasteiger partial charge in [0.25, 0.3) is 5.09 Å². The summed E-state index contributed by atoms with van der Waals surface area (Å²) >= 11 is 12.2. The summed E-state index contributed by atoms with van der Waals surface area (Å²) in [6.45, 7) is 0.112. The van der Waals surface area contributed by atoms with E-state index in [4.69, 9.17) is 48.0 Å². The topological polar surface area (TPSA) is 111 Å². The molecule has 0 aliphatic carbocycles. The largest absolute Gasteiger partial charge is 0.468 e. The van der Waals surface area contributed by atoms with Crippen molar-refractivity contribution in [1.82, 2.24) is 9.97 Å². The maximum absolute atomic E-state index is 8.36. The maximum Gasteiger partial charge on any atom is 0.291 e. The molecule has 1 heterocycles. The third-order valence-corrected chi connectivity index (χ3v) is 4.07. The van der Waals surface area contributed by atoms with Crippen LogP contribution in [0.25, 0.3) is 0 Å². The van der Waals surface area contributed by atoms with E-state index >= 15 is 0 Å². The predicted octanol–water partition coefficient (Wildman–Crippen LogP) is 4.71. The Hall–Kier alpha value is -2.81. The van der Waals surface area contributed by atoms with Gasteiger partial charge in [-0.25, -0.2) is 4.98 Å². The van der Waals surface area contributed by atoms with Crippen LogP contribution in [-0.2, 0) is 11.2 Å². The summed E-state index contributed by atoms with van der Waals surface area (Å²) in [6, 6.07) is 14.9. The zero-order valence-corrected chi connectivity index (χ0v) is 16.0. The molecule has 0 amide bonds. The highest BCUT2D eigenvalue weighted by Gasteiger charge is 2.17. The van der Waals surface area contributed by atoms with Gasteiger partial charge >= 0.3 is 0 Å². The van der Waals surface area contributed by atoms with Gasteiger partial charge in [-0.3, -0.25) is 0 Å². The lowest BCUT2D eigenvalue weighted by molar-refractivity contribution is -0.742. The number of hydrogen-bond acceptors (Lipinski definition) is 5. The number of aromatic amines is 1. The van der Waals surface area contributed by atoms with Crippen LogP contribution in [0.3, 0.4) is 0 Å². The fourth-order valence-corrected chi connectivity index (χ4v) is 2.76. The van der Waals surface area contributed by atoms with Gasteiger partial charge in [0.15, 0.2) is 6.79 Å². The number of hydrogen-bond donors (Lipinski definition) is 2. The van der Waals surface area contributed by atoms with Crippen LogP contribution in [0.15, 0.2) is 60.9 Å². The number of aromatic nitrogens is 2. The zero-order chi connectivity index (χ0) is 20.4. The Labute approximate surface area is 170 Å². The molecule has 1 aromatic heterocycles. The van der Waals surface area contributed by atoms with Crippen LogP contribution in [0.5, 0.6) is 5.75 Å². The van der Waals surface area contributed by atoms with Crippen molar-refractivity contribution in [1.29, 1.82) is 0 Å². The molecule has 1 unspecified atom stereocenters. The average Bonchev–Trinajstić information content (AvgIpc) is 3.18. The average molecular weight is 426 g/mol. The minimum Gasteiger partial charge on any atom is -0.468 e. The van der Waals surface area contributed by atoms with Gasteiger partial charge in [-0.05, 0) is 29.8 Å². The standard InChI is InChI=1S/C18H16Cl2N2O2.HNO3/c19-14-7-6-13(16(20)11-14)10-17(18-21-8-9-22-18)24-12-23-15-4-2-1-3-5-15;2-1(3)4/h1-9,11,17H,10,12H2,(H,21,22);(H,2,3,4). The van der Waals surface area contributed by atoms with E-state index in [1.807, 2.05) is 42.5 Å². The van der Waals surface area contributed by atoms with Crippen LogP contribution in [0.2, 0.25) is 10.0 Å². The molecule has 2 N–H and O–H groups in total. The molecule has 0 bridgehead atoms. The van der Waals surface area contributed by atoms with Crippen LogP contribution in [0.4, 0.5) is 0 Å². The van der Waals surface area contributed by atoms with Crippen molar-refractivity contribution in [3.63, 3.8) is 0 Å². The van der Waals surface area contributed by atoms with Gasteiger partial charge in [0.1, 0.15) is 17.7 Å². The molecule has 0 fully saturated rings. The lowest BCUT2D eigenvalue weighted by Gasteiger charge is -2.17. The molecule has 0 radical (unpaired) electrons. The molecule has 1 atom stereocenters. The summed E-state index contributed by atoms with van der Waals surface area (Å²) in [7, 11) is 0. The van der Waals surface area contributed by atoms with Crippen LogP contribution in [-0.4, -0.2) is 27.1 Å². The number of benzene rings is 2. The van der Waals surface area contributed by atoms with Crippen LogP contribution in [0, 0.1) is 10.1 Å². The second kappa shape index (κ2) is 11.1. The van der Waals surface area contributed by atoms with E-state index in [1.54, 1.807) is 18.5 Å². The highest BCUT2D eigenvalue weighted by atomic mass is 35.5. The molecule has 2 aromatic carbocycles. The van der Waals surface area contributed by atoms with Crippen LogP contribution in [0.1, 0.15) is 17.5 Å². The lowest BCUT2D eigenvalue weighted by atomic mass is 10.1. The Morgan fingerprint density at radius 2 is 1.93 bits per heavy atom. The highest BCUT2D eigenvalue weighted by Crippen LogP contribution is 2.27. The molecular weight excluding hydrogens is 409 g/mol. The molecule has 148 valence electrons. The van der Waals surface area contributed by atoms with Gasteiger partial charge in [0.2, 0.25) is 0 Å². The zero-order valence-electron chi connectivity index (χ0n) is 14.5. The summed E-state index contributed by atoms with van der Waals surface area (Å²) in [5, 5.41) is 14.8. The minimum absolute atomic E-state index is 0.112. The maximum atomic E-state index is 8.36. The number of ether oxygens (including phenoxy) is 2. The third-order valence-electron chi connectivity index (χ3n) is 3.48. The molecular formula is C18H17Cl2N3O5. The van der Waals surface area contributed by atoms with E-state index in [0.717, 1.165) is 17.1 Å². The SMILES string of the molecule is Clc1ccc(CC(OCOc2ccccc2)c2ncc[nH]2)c(Cl)c1.O=[N+]([O-])O. The number of rotatable bonds is 7. The first-order valence-electron chi connectivity index (χ1n) is 8.01. The molecule has 10 heteroatoms. The van der Waals surface area contributed by atoms with E-state index in [2.05, 4.69) is 9.97 Å². The monoisotopic (exact) mass is 425 g/mol. The van der Waals surface area contributed by atoms with Gasteiger partial charge in [-0.1, -0.05) is 47.5 Å². The van der Waals surface area contributed by atoms with Crippen LogP contribution >= 0.6 is 23.2 Å². The first-order chi connectivity index (χ1) is 13.5. The van der Waals surface area contributed by atoms with Gasteiger partial charge in [0.05, 0.1) is 0 Å². The van der Waals surface area contributed by atoms with Gasteiger partial charge in [-0.2, -0.15) is 0 Å². The number of halogens is 2. The Kier molecular flexibility index (Phi) is 8.54. The molecule has 3 rings (SSSR count). The van der Waals surface area contributed by atoms with E-state index in [0.29, 0.717) is 16.5 Å². The molecule has 8 nitrogen and oxygen atoms in total. The predicted molar refractivity (Wildman–Crippen MR) is 103 cm³/mol. The molecule has 3 aromatic rings. The molecule has 0 saturated carbocycles. The second-order valence-electron chi connectivity index (χ2n) is 5.38. The van der Waals surface area contributed by atoms with E-state index in [9.17, 15) is 0 Å². The smallest absolute Gasteiger partial charge is 0.291 e. The summed E-state index contributed by atoms with van der Waals surface area (Å²) in [5.41, 5.74) is 0.933. The van der Waals surface area contributed by atoms with Crippen molar-refractivity contribution in [2.75, 3.05) is 6.79 Å². The number of imidazole rings is 1. The van der Waals surface area contributed by atoms with Crippen molar-refractivity contribution in [2.24, 2.45) is 0 Å². The number of nitrogens with one attached hydrogen (secondary N) is 1. The fraction of sp³-hybridized carbons (Fsp3) is 0.167. The number of para-hydroxylation sites is 1. The van der Waals surface area contributed by atoms with E-state index in [1.165, 1.54) is 0 Å². The van der Waals surface area contributed by atoms with Gasteiger partial charge < -0.3 is 19.7 Å². The van der Waals surface area contributed by atoms with Crippen molar-refractivity contribution in [2.45, 2.75) is 12.5 Å². The van der Waals surface area contributed by atoms with Crippen molar-refractivity contribution in [3.8, 4) is 5.75 Å². The first-order valence-corrected chi connectivity index (χ1v) is 8.77. The van der Waals surface area contributed by atoms with Crippen molar-refractivity contribution < 1.29 is 19.8 Å². The van der Waals surface area contributed by atoms with Crippen LogP contribution < -0.4 is 4.74 Å². The van der Waals surface area contributed by atoms with Gasteiger partial charge in [0, 0.05) is 28.9 Å². The van der Waals surface area contributed by atoms with Gasteiger partial charge in [-0.15, -0.1) is 10.1 Å². The minimum atomic E-state index is -1.50. The summed E-state index contributed by atoms with van der Waals surface area (Å²) in [5.74, 6) is 1.47. The molecule has 28 heavy (non-hydrogen) atoms. The molecule has 0 aliphatic rings. The lowest BCUT2D eigenvalue weighted by Crippen LogP contribution is -2.14. The molecule has 0 spiro atoms. The number of nitrogens with zero attached hydrogens (tertiary/aromatic N) is 2. The Morgan fingerprint density at radius 3 is 2.54 bits per heavy atom. The molecule has 0 saturated heterocycles. The highest BCUT2D eigenvalue weighted by molar-refractivity contribution is 6.35. The third kappa shape index (κ3) is 7.43. The quantitative estimate of drug-likeness (QED) is 0.322. The van der Waals surface area contributed by atoms with Crippen molar-refractivity contribution >= 4 is 23.2 Å². The number of H-pyrrole nitrogens is 1. The van der Waals surface area contributed by atoms with E-state index in [-0.39, 0.29) is 12.9 Å². The second-order valence-corrected chi connectivity index (χ2v) is 6.23. The van der Waals surface area contributed by atoms with Crippen molar-refractivity contribution in [3.05, 3.63) is 92.5 Å². The summed E-state index contributed by atoms with van der Waals surface area (Å²) in [4.78, 5) is 15.7. The Balaban J connectivity index is 0.000000640. The Morgan fingerprint density at radius 1 is 1.21 bits per heavy atom. The normalized spacial score (nSPS) is 11.2. The Bertz CT molecular complexity index is 859. The summed E-state index contributed by atoms with van der Waals surface area (Å²) in [6.07, 6.45) is 3.70. The van der Waals surface area contributed by atoms with E-state index < -0.39 is 5.09 Å². The summed E-state index contributed by atoms with van der Waals surface area (Å²) < 4.78 is 11.5. The first kappa shape index (κ1) is 21.5.